The minimum Gasteiger partial charge on any atom is -0.480 e. The predicted octanol–water partition coefficient (Wildman–Crippen LogP) is -2.09. The van der Waals surface area contributed by atoms with Crippen LogP contribution in [0, 0.1) is 5.92 Å². The summed E-state index contributed by atoms with van der Waals surface area (Å²) < 4.78 is 0. The zero-order valence-corrected chi connectivity index (χ0v) is 19.4. The highest BCUT2D eigenvalue weighted by atomic mass is 32.2. The standard InChI is InChI=1S/C19H35N5O7S/c1-4-10(2)15(21)18(29)23-12(7-8-32-3)17(28)22-11(5-6-14(20)26)16(27)24-13(9-25)19(30)31/h10-13,15,25H,4-9,21H2,1-3H3,(H2,20,26)(H,22,28)(H,23,29)(H,24,27)(H,30,31). The quantitative estimate of drug-likeness (QED) is 0.129. The van der Waals surface area contributed by atoms with Crippen LogP contribution in [0.1, 0.15) is 39.5 Å². The topological polar surface area (TPSA) is 214 Å². The van der Waals surface area contributed by atoms with E-state index in [0.29, 0.717) is 12.2 Å². The van der Waals surface area contributed by atoms with Gasteiger partial charge in [0.1, 0.15) is 18.1 Å². The van der Waals surface area contributed by atoms with Crippen molar-refractivity contribution in [2.75, 3.05) is 18.6 Å². The lowest BCUT2D eigenvalue weighted by molar-refractivity contribution is -0.143. The number of amides is 4. The Balaban J connectivity index is 5.46. The molecule has 0 bridgehead atoms. The molecule has 0 aromatic rings. The van der Waals surface area contributed by atoms with Crippen molar-refractivity contribution < 1.29 is 34.2 Å². The maximum absolute atomic E-state index is 12.9. The molecular formula is C19H35N5O7S. The number of aliphatic carboxylic acids is 1. The zero-order valence-electron chi connectivity index (χ0n) is 18.6. The van der Waals surface area contributed by atoms with Crippen LogP contribution in [0.15, 0.2) is 0 Å². The van der Waals surface area contributed by atoms with E-state index in [0.717, 1.165) is 0 Å². The molecule has 5 unspecified atom stereocenters. The molecule has 0 aromatic carbocycles. The second-order valence-electron chi connectivity index (χ2n) is 7.40. The van der Waals surface area contributed by atoms with Gasteiger partial charge in [0.25, 0.3) is 0 Å². The van der Waals surface area contributed by atoms with E-state index in [2.05, 4.69) is 16.0 Å². The van der Waals surface area contributed by atoms with Crippen molar-refractivity contribution in [3.8, 4) is 0 Å². The molecule has 32 heavy (non-hydrogen) atoms. The summed E-state index contributed by atoms with van der Waals surface area (Å²) in [6.45, 7) is 2.83. The molecule has 4 amide bonds. The lowest BCUT2D eigenvalue weighted by atomic mass is 9.99. The normalized spacial score (nSPS) is 15.5. The number of carboxylic acids is 1. The average molecular weight is 478 g/mol. The molecule has 5 atom stereocenters. The van der Waals surface area contributed by atoms with Crippen LogP contribution in [0.2, 0.25) is 0 Å². The second kappa shape index (κ2) is 15.4. The van der Waals surface area contributed by atoms with E-state index in [4.69, 9.17) is 21.7 Å². The van der Waals surface area contributed by atoms with Crippen molar-refractivity contribution in [2.24, 2.45) is 17.4 Å². The molecular weight excluding hydrogens is 442 g/mol. The van der Waals surface area contributed by atoms with Gasteiger partial charge in [-0.2, -0.15) is 11.8 Å². The molecule has 9 N–H and O–H groups in total. The SMILES string of the molecule is CCC(C)C(N)C(=O)NC(CCSC)C(=O)NC(CCC(N)=O)C(=O)NC(CO)C(=O)O. The number of aliphatic hydroxyl groups is 1. The molecule has 0 radical (unpaired) electrons. The Labute approximate surface area is 191 Å². The number of primary amides is 1. The van der Waals surface area contributed by atoms with Crippen molar-refractivity contribution in [1.29, 1.82) is 0 Å². The van der Waals surface area contributed by atoms with E-state index < -0.39 is 60.4 Å². The van der Waals surface area contributed by atoms with Crippen LogP contribution < -0.4 is 27.4 Å². The van der Waals surface area contributed by atoms with Crippen molar-refractivity contribution >= 4 is 41.4 Å². The molecule has 0 aliphatic rings. The molecule has 0 saturated heterocycles. The van der Waals surface area contributed by atoms with Gasteiger partial charge in [-0.15, -0.1) is 0 Å². The Morgan fingerprint density at radius 3 is 1.88 bits per heavy atom. The van der Waals surface area contributed by atoms with Crippen LogP contribution in [-0.2, 0) is 24.0 Å². The third kappa shape index (κ3) is 10.8. The highest BCUT2D eigenvalue weighted by molar-refractivity contribution is 7.98. The number of hydrogen-bond donors (Lipinski definition) is 7. The van der Waals surface area contributed by atoms with E-state index in [1.165, 1.54) is 11.8 Å². The van der Waals surface area contributed by atoms with Crippen LogP contribution in [0.5, 0.6) is 0 Å². The Hall–Kier alpha value is -2.38. The van der Waals surface area contributed by atoms with Crippen LogP contribution in [0.25, 0.3) is 0 Å². The maximum Gasteiger partial charge on any atom is 0.328 e. The monoisotopic (exact) mass is 477 g/mol. The summed E-state index contributed by atoms with van der Waals surface area (Å²) in [5, 5.41) is 25.2. The lowest BCUT2D eigenvalue weighted by Gasteiger charge is -2.25. The minimum atomic E-state index is -1.59. The Bertz CT molecular complexity index is 664. The third-order valence-corrected chi connectivity index (χ3v) is 5.56. The third-order valence-electron chi connectivity index (χ3n) is 4.91. The molecule has 0 heterocycles. The number of rotatable bonds is 16. The van der Waals surface area contributed by atoms with Gasteiger partial charge in [-0.25, -0.2) is 4.79 Å². The van der Waals surface area contributed by atoms with Crippen molar-refractivity contribution in [1.82, 2.24) is 16.0 Å². The smallest absolute Gasteiger partial charge is 0.328 e. The first-order valence-corrected chi connectivity index (χ1v) is 11.6. The fourth-order valence-electron chi connectivity index (χ4n) is 2.57. The van der Waals surface area contributed by atoms with Gasteiger partial charge < -0.3 is 37.6 Å². The number of hydrogen-bond acceptors (Lipinski definition) is 8. The molecule has 0 fully saturated rings. The number of nitrogens with one attached hydrogen (secondary N) is 3. The average Bonchev–Trinajstić information content (AvgIpc) is 2.75. The number of nitrogens with two attached hydrogens (primary N) is 2. The number of carboxylic acid groups (broad SMARTS) is 1. The highest BCUT2D eigenvalue weighted by Crippen LogP contribution is 2.08. The number of thioether (sulfide) groups is 1. The first kappa shape index (κ1) is 29.6. The lowest BCUT2D eigenvalue weighted by Crippen LogP contribution is -2.58. The van der Waals surface area contributed by atoms with E-state index in [9.17, 15) is 24.0 Å². The predicted molar refractivity (Wildman–Crippen MR) is 119 cm³/mol. The minimum absolute atomic E-state index is 0.111. The van der Waals surface area contributed by atoms with Crippen LogP contribution in [0.4, 0.5) is 0 Å². The van der Waals surface area contributed by atoms with Crippen LogP contribution >= 0.6 is 11.8 Å². The fourth-order valence-corrected chi connectivity index (χ4v) is 3.04. The molecule has 0 saturated carbocycles. The summed E-state index contributed by atoms with van der Waals surface area (Å²) in [7, 11) is 0. The Kier molecular flexibility index (Phi) is 14.3. The van der Waals surface area contributed by atoms with E-state index in [-0.39, 0.29) is 25.2 Å². The molecule has 184 valence electrons. The van der Waals surface area contributed by atoms with Crippen LogP contribution in [-0.4, -0.2) is 82.6 Å². The molecule has 0 spiro atoms. The summed E-state index contributed by atoms with van der Waals surface area (Å²) in [6.07, 6.45) is 2.30. The highest BCUT2D eigenvalue weighted by Gasteiger charge is 2.30. The Morgan fingerprint density at radius 1 is 0.938 bits per heavy atom. The van der Waals surface area contributed by atoms with Crippen molar-refractivity contribution in [2.45, 2.75) is 63.7 Å². The first-order chi connectivity index (χ1) is 15.0. The van der Waals surface area contributed by atoms with Crippen molar-refractivity contribution in [3.63, 3.8) is 0 Å². The van der Waals surface area contributed by atoms with Crippen molar-refractivity contribution in [3.05, 3.63) is 0 Å². The van der Waals surface area contributed by atoms with E-state index in [1.54, 1.807) is 0 Å². The van der Waals surface area contributed by atoms with E-state index in [1.807, 2.05) is 20.1 Å². The summed E-state index contributed by atoms with van der Waals surface area (Å²) >= 11 is 1.45. The number of carbonyl (C=O) groups is 5. The van der Waals surface area contributed by atoms with Crippen LogP contribution in [0.3, 0.4) is 0 Å². The summed E-state index contributed by atoms with van der Waals surface area (Å²) in [4.78, 5) is 60.0. The zero-order chi connectivity index (χ0) is 24.8. The molecule has 0 aromatic heterocycles. The first-order valence-electron chi connectivity index (χ1n) is 10.3. The largest absolute Gasteiger partial charge is 0.480 e. The van der Waals surface area contributed by atoms with E-state index >= 15 is 0 Å². The number of carbonyl (C=O) groups excluding carboxylic acids is 4. The molecule has 12 nitrogen and oxygen atoms in total. The Morgan fingerprint density at radius 2 is 1.44 bits per heavy atom. The van der Waals surface area contributed by atoms with Gasteiger partial charge in [0, 0.05) is 6.42 Å². The van der Waals surface area contributed by atoms with Gasteiger partial charge in [-0.3, -0.25) is 19.2 Å². The van der Waals surface area contributed by atoms with Gasteiger partial charge in [-0.05, 0) is 30.8 Å². The molecule has 0 aliphatic carbocycles. The molecule has 0 rings (SSSR count). The van der Waals surface area contributed by atoms with Gasteiger partial charge in [0.2, 0.25) is 23.6 Å². The summed E-state index contributed by atoms with van der Waals surface area (Å²) in [5.74, 6) is -3.88. The second-order valence-corrected chi connectivity index (χ2v) is 8.39. The van der Waals surface area contributed by atoms with Gasteiger partial charge in [-0.1, -0.05) is 20.3 Å². The fraction of sp³-hybridized carbons (Fsp3) is 0.737. The number of aliphatic hydroxyl groups excluding tert-OH is 1. The summed E-state index contributed by atoms with van der Waals surface area (Å²) in [5.41, 5.74) is 11.1. The van der Waals surface area contributed by atoms with Gasteiger partial charge in [0.05, 0.1) is 12.6 Å². The maximum atomic E-state index is 12.9. The molecule has 13 heteroatoms. The van der Waals surface area contributed by atoms with Gasteiger partial charge >= 0.3 is 5.97 Å². The van der Waals surface area contributed by atoms with Gasteiger partial charge in [0.15, 0.2) is 0 Å². The summed E-state index contributed by atoms with van der Waals surface area (Å²) in [6, 6.07) is -4.71. The molecule has 0 aliphatic heterocycles.